The van der Waals surface area contributed by atoms with E-state index in [1.165, 1.54) is 0 Å². The van der Waals surface area contributed by atoms with Crippen molar-refractivity contribution >= 4 is 27.5 Å². The van der Waals surface area contributed by atoms with Crippen molar-refractivity contribution in [3.05, 3.63) is 28.7 Å². The first-order valence-electron chi connectivity index (χ1n) is 6.59. The molecule has 5 heteroatoms. The third-order valence-corrected chi connectivity index (χ3v) is 3.90. The second kappa shape index (κ2) is 6.39. The molecule has 1 aliphatic heterocycles. The quantitative estimate of drug-likeness (QED) is 0.890. The molecule has 1 heterocycles. The lowest BCUT2D eigenvalue weighted by molar-refractivity contribution is -0.122. The van der Waals surface area contributed by atoms with E-state index in [0.717, 1.165) is 23.1 Å². The van der Waals surface area contributed by atoms with Gasteiger partial charge in [-0.05, 0) is 38.6 Å². The van der Waals surface area contributed by atoms with Gasteiger partial charge in [0.15, 0.2) is 0 Å². The topological polar surface area (TPSA) is 44.4 Å². The van der Waals surface area contributed by atoms with Crippen LogP contribution in [0, 0.1) is 0 Å². The van der Waals surface area contributed by atoms with Gasteiger partial charge in [-0.25, -0.2) is 0 Å². The maximum atomic E-state index is 12.3. The number of likely N-dealkylation sites (N-methyl/N-ethyl adjacent to an activating group) is 1. The van der Waals surface area contributed by atoms with Crippen molar-refractivity contribution in [2.75, 3.05) is 25.0 Å². The van der Waals surface area contributed by atoms with Gasteiger partial charge in [-0.3, -0.25) is 4.79 Å². The van der Waals surface area contributed by atoms with E-state index in [9.17, 15) is 4.79 Å². The van der Waals surface area contributed by atoms with E-state index in [0.29, 0.717) is 6.54 Å². The molecule has 0 aromatic heterocycles. The molecule has 4 nitrogen and oxygen atoms in total. The molecule has 1 aromatic carbocycles. The van der Waals surface area contributed by atoms with Gasteiger partial charge >= 0.3 is 0 Å². The zero-order valence-electron chi connectivity index (χ0n) is 11.3. The molecule has 0 radical (unpaired) electrons. The molecule has 0 saturated carbocycles. The number of anilines is 1. The van der Waals surface area contributed by atoms with Crippen LogP contribution in [0.2, 0.25) is 0 Å². The fraction of sp³-hybridized carbons (Fsp3) is 0.500. The number of amides is 1. The van der Waals surface area contributed by atoms with E-state index in [1.807, 2.05) is 19.2 Å². The second-order valence-corrected chi connectivity index (χ2v) is 5.86. The molecule has 2 unspecified atom stereocenters. The van der Waals surface area contributed by atoms with E-state index in [2.05, 4.69) is 50.5 Å². The summed E-state index contributed by atoms with van der Waals surface area (Å²) >= 11 is 3.49. The van der Waals surface area contributed by atoms with E-state index in [4.69, 9.17) is 0 Å². The van der Waals surface area contributed by atoms with Crippen LogP contribution < -0.4 is 15.5 Å². The molecular formula is C14H20BrN3O. The first kappa shape index (κ1) is 14.3. The van der Waals surface area contributed by atoms with E-state index >= 15 is 0 Å². The molecule has 19 heavy (non-hydrogen) atoms. The Hall–Kier alpha value is -1.07. The number of rotatable bonds is 3. The number of nitrogens with one attached hydrogen (secondary N) is 2. The van der Waals surface area contributed by atoms with Crippen LogP contribution in [0.5, 0.6) is 0 Å². The van der Waals surface area contributed by atoms with Crippen LogP contribution in [0.3, 0.4) is 0 Å². The van der Waals surface area contributed by atoms with Crippen LogP contribution in [-0.2, 0) is 4.79 Å². The first-order valence-corrected chi connectivity index (χ1v) is 7.38. The molecule has 104 valence electrons. The normalized spacial score (nSPS) is 23.9. The minimum Gasteiger partial charge on any atom is -0.358 e. The number of benzene rings is 1. The van der Waals surface area contributed by atoms with E-state index < -0.39 is 0 Å². The summed E-state index contributed by atoms with van der Waals surface area (Å²) in [5.41, 5.74) is 1.08. The van der Waals surface area contributed by atoms with Gasteiger partial charge in [-0.15, -0.1) is 0 Å². The molecule has 2 rings (SSSR count). The summed E-state index contributed by atoms with van der Waals surface area (Å²) in [6.45, 7) is 3.58. The van der Waals surface area contributed by atoms with Crippen LogP contribution >= 0.6 is 15.9 Å². The second-order valence-electron chi connectivity index (χ2n) is 4.95. The standard InChI is InChI=1S/C14H20BrN3O/c1-10-6-7-18(12-5-3-4-11(15)8-12)13(9-16-2)14(19)17-10/h3-5,8,10,13,16H,6-7,9H2,1-2H3,(H,17,19). The summed E-state index contributed by atoms with van der Waals surface area (Å²) in [5.74, 6) is 0.0966. The Morgan fingerprint density at radius 2 is 2.32 bits per heavy atom. The van der Waals surface area contributed by atoms with Gasteiger partial charge in [0.2, 0.25) is 5.91 Å². The number of carbonyl (C=O) groups is 1. The first-order chi connectivity index (χ1) is 9.11. The molecule has 1 amide bonds. The monoisotopic (exact) mass is 325 g/mol. The zero-order valence-corrected chi connectivity index (χ0v) is 12.9. The van der Waals surface area contributed by atoms with Crippen LogP contribution in [0.4, 0.5) is 5.69 Å². The molecule has 2 N–H and O–H groups in total. The van der Waals surface area contributed by atoms with Gasteiger partial charge in [-0.2, -0.15) is 0 Å². The van der Waals surface area contributed by atoms with Gasteiger partial charge in [0.1, 0.15) is 6.04 Å². The van der Waals surface area contributed by atoms with Gasteiger partial charge in [-0.1, -0.05) is 22.0 Å². The van der Waals surface area contributed by atoms with Gasteiger partial charge < -0.3 is 15.5 Å². The van der Waals surface area contributed by atoms with Crippen LogP contribution in [0.1, 0.15) is 13.3 Å². The number of hydrogen-bond acceptors (Lipinski definition) is 3. The number of carbonyl (C=O) groups excluding carboxylic acids is 1. The van der Waals surface area contributed by atoms with Crippen LogP contribution in [0.25, 0.3) is 0 Å². The Labute approximate surface area is 122 Å². The minimum absolute atomic E-state index is 0.0966. The maximum Gasteiger partial charge on any atom is 0.244 e. The van der Waals surface area contributed by atoms with Crippen molar-refractivity contribution < 1.29 is 4.79 Å². The lowest BCUT2D eigenvalue weighted by Crippen LogP contribution is -2.50. The van der Waals surface area contributed by atoms with Crippen molar-refractivity contribution in [2.45, 2.75) is 25.4 Å². The fourth-order valence-corrected chi connectivity index (χ4v) is 2.79. The maximum absolute atomic E-state index is 12.3. The Kier molecular flexibility index (Phi) is 4.82. The van der Waals surface area contributed by atoms with Crippen molar-refractivity contribution in [3.63, 3.8) is 0 Å². The Morgan fingerprint density at radius 1 is 1.53 bits per heavy atom. The molecule has 0 bridgehead atoms. The van der Waals surface area contributed by atoms with Gasteiger partial charge in [0.25, 0.3) is 0 Å². The van der Waals surface area contributed by atoms with Crippen LogP contribution in [-0.4, -0.2) is 38.1 Å². The Balaban J connectivity index is 2.30. The number of nitrogens with zero attached hydrogens (tertiary/aromatic N) is 1. The van der Waals surface area contributed by atoms with Crippen molar-refractivity contribution in [1.29, 1.82) is 0 Å². The van der Waals surface area contributed by atoms with Crippen molar-refractivity contribution in [2.24, 2.45) is 0 Å². The summed E-state index contributed by atoms with van der Waals surface area (Å²) < 4.78 is 1.03. The summed E-state index contributed by atoms with van der Waals surface area (Å²) in [6.07, 6.45) is 0.957. The largest absolute Gasteiger partial charge is 0.358 e. The third kappa shape index (κ3) is 3.48. The van der Waals surface area contributed by atoms with Crippen LogP contribution in [0.15, 0.2) is 28.7 Å². The highest BCUT2D eigenvalue weighted by atomic mass is 79.9. The lowest BCUT2D eigenvalue weighted by Gasteiger charge is -2.30. The Bertz CT molecular complexity index is 452. The smallest absolute Gasteiger partial charge is 0.244 e. The number of halogens is 1. The predicted molar refractivity (Wildman–Crippen MR) is 81.4 cm³/mol. The third-order valence-electron chi connectivity index (χ3n) is 3.41. The van der Waals surface area contributed by atoms with E-state index in [1.54, 1.807) is 0 Å². The SMILES string of the molecule is CNCC1C(=O)NC(C)CCN1c1cccc(Br)c1. The lowest BCUT2D eigenvalue weighted by atomic mass is 10.2. The molecule has 2 atom stereocenters. The fourth-order valence-electron chi connectivity index (χ4n) is 2.40. The molecule has 1 fully saturated rings. The molecule has 0 spiro atoms. The van der Waals surface area contributed by atoms with Crippen molar-refractivity contribution in [1.82, 2.24) is 10.6 Å². The summed E-state index contributed by atoms with van der Waals surface area (Å²) in [5, 5.41) is 6.17. The summed E-state index contributed by atoms with van der Waals surface area (Å²) in [6, 6.07) is 8.18. The van der Waals surface area contributed by atoms with E-state index in [-0.39, 0.29) is 18.0 Å². The molecular weight excluding hydrogens is 306 g/mol. The summed E-state index contributed by atoms with van der Waals surface area (Å²) in [4.78, 5) is 14.5. The molecule has 0 aliphatic carbocycles. The molecule has 1 aliphatic rings. The van der Waals surface area contributed by atoms with Gasteiger partial charge in [0, 0.05) is 29.3 Å². The van der Waals surface area contributed by atoms with Crippen molar-refractivity contribution in [3.8, 4) is 0 Å². The Morgan fingerprint density at radius 3 is 3.00 bits per heavy atom. The number of hydrogen-bond donors (Lipinski definition) is 2. The predicted octanol–water partition coefficient (Wildman–Crippen LogP) is 1.75. The summed E-state index contributed by atoms with van der Waals surface area (Å²) in [7, 11) is 1.88. The average molecular weight is 326 g/mol. The molecule has 1 saturated heterocycles. The zero-order chi connectivity index (χ0) is 13.8. The molecule has 1 aromatic rings. The highest BCUT2D eigenvalue weighted by molar-refractivity contribution is 9.10. The average Bonchev–Trinajstić information content (AvgIpc) is 2.50. The highest BCUT2D eigenvalue weighted by Gasteiger charge is 2.29. The highest BCUT2D eigenvalue weighted by Crippen LogP contribution is 2.23. The minimum atomic E-state index is -0.163. The van der Waals surface area contributed by atoms with Gasteiger partial charge in [0.05, 0.1) is 0 Å².